The van der Waals surface area contributed by atoms with Crippen LogP contribution in [0.3, 0.4) is 0 Å². The fourth-order valence-electron chi connectivity index (χ4n) is 3.61. The van der Waals surface area contributed by atoms with Crippen molar-refractivity contribution in [2.45, 2.75) is 36.9 Å². The minimum absolute atomic E-state index is 0.0953. The maximum absolute atomic E-state index is 13.0. The van der Waals surface area contributed by atoms with Gasteiger partial charge in [0.05, 0.1) is 17.6 Å². The monoisotopic (exact) mass is 526 g/mol. The number of halogens is 1. The molecule has 1 atom stereocenters. The summed E-state index contributed by atoms with van der Waals surface area (Å²) in [4.78, 5) is 12.9. The normalized spacial score (nSPS) is 16.5. The zero-order valence-corrected chi connectivity index (χ0v) is 20.9. The summed E-state index contributed by atoms with van der Waals surface area (Å²) < 4.78 is 44.4. The summed E-state index contributed by atoms with van der Waals surface area (Å²) in [5, 5.41) is 10.4. The second-order valence-corrected chi connectivity index (χ2v) is 11.1. The van der Waals surface area contributed by atoms with Crippen molar-refractivity contribution in [2.24, 2.45) is 0 Å². The van der Waals surface area contributed by atoms with E-state index < -0.39 is 22.0 Å². The molecule has 10 nitrogen and oxygen atoms in total. The fourth-order valence-corrected chi connectivity index (χ4v) is 6.87. The van der Waals surface area contributed by atoms with Crippen LogP contribution < -0.4 is 14.8 Å². The van der Waals surface area contributed by atoms with Gasteiger partial charge in [-0.3, -0.25) is 10.1 Å². The summed E-state index contributed by atoms with van der Waals surface area (Å²) in [7, 11) is -3.85. The van der Waals surface area contributed by atoms with Gasteiger partial charge in [0.15, 0.2) is 11.5 Å². The lowest BCUT2D eigenvalue weighted by molar-refractivity contribution is -0.119. The van der Waals surface area contributed by atoms with Gasteiger partial charge in [-0.05, 0) is 57.0 Å². The van der Waals surface area contributed by atoms with Crippen LogP contribution in [-0.2, 0) is 14.8 Å². The highest BCUT2D eigenvalue weighted by atomic mass is 35.5. The Balaban J connectivity index is 1.50. The van der Waals surface area contributed by atoms with E-state index in [1.165, 1.54) is 16.4 Å². The lowest BCUT2D eigenvalue weighted by atomic mass is 10.2. The van der Waals surface area contributed by atoms with E-state index in [9.17, 15) is 13.2 Å². The number of sulfonamides is 1. The second kappa shape index (κ2) is 10.3. The van der Waals surface area contributed by atoms with Gasteiger partial charge in [0.25, 0.3) is 10.0 Å². The highest BCUT2D eigenvalue weighted by molar-refractivity contribution is 7.91. The molecule has 1 saturated heterocycles. The number of aromatic nitrogens is 2. The van der Waals surface area contributed by atoms with Crippen molar-refractivity contribution >= 4 is 44.9 Å². The number of hydrogen-bond donors (Lipinski definition) is 1. The Labute approximate surface area is 205 Å². The molecule has 1 unspecified atom stereocenters. The molecule has 182 valence electrons. The molecule has 1 fully saturated rings. The van der Waals surface area contributed by atoms with Crippen LogP contribution in [-0.4, -0.2) is 54.6 Å². The van der Waals surface area contributed by atoms with Crippen LogP contribution in [0.1, 0.15) is 26.7 Å². The lowest BCUT2D eigenvalue weighted by Gasteiger charge is -2.21. The smallest absolute Gasteiger partial charge is 0.322 e. The number of amides is 1. The van der Waals surface area contributed by atoms with Crippen molar-refractivity contribution in [3.05, 3.63) is 34.7 Å². The molecule has 4 rings (SSSR count). The van der Waals surface area contributed by atoms with E-state index in [4.69, 9.17) is 25.5 Å². The Morgan fingerprint density at radius 1 is 1.21 bits per heavy atom. The van der Waals surface area contributed by atoms with Gasteiger partial charge in [0.2, 0.25) is 11.8 Å². The van der Waals surface area contributed by atoms with Gasteiger partial charge >= 0.3 is 6.01 Å². The highest BCUT2D eigenvalue weighted by Gasteiger charge is 2.40. The average molecular weight is 527 g/mol. The zero-order valence-electron chi connectivity index (χ0n) is 18.5. The molecular formula is C21H23ClN4O6S2. The zero-order chi connectivity index (χ0) is 24.3. The molecule has 1 amide bonds. The number of nitrogens with zero attached hydrogens (tertiary/aromatic N) is 3. The molecule has 1 aliphatic heterocycles. The minimum atomic E-state index is -3.85. The number of carbonyl (C=O) groups is 1. The number of anilines is 1. The molecule has 1 N–H and O–H groups in total. The number of thiophene rings is 1. The van der Waals surface area contributed by atoms with E-state index in [0.29, 0.717) is 47.5 Å². The number of carbonyl (C=O) groups excluding carboxylic acids is 1. The Bertz CT molecular complexity index is 1280. The molecule has 0 radical (unpaired) electrons. The van der Waals surface area contributed by atoms with E-state index in [0.717, 1.165) is 11.3 Å². The molecule has 0 saturated carbocycles. The minimum Gasteiger partial charge on any atom is -0.490 e. The SMILES string of the molecule is CCOc1ccc(-c2nnc(NC(=O)C3CCCN3S(=O)(=O)c3ccc(Cl)s3)o2)cc1OCC. The predicted octanol–water partition coefficient (Wildman–Crippen LogP) is 4.04. The van der Waals surface area contributed by atoms with E-state index in [2.05, 4.69) is 15.5 Å². The van der Waals surface area contributed by atoms with Crippen molar-refractivity contribution in [1.29, 1.82) is 0 Å². The number of hydrogen-bond acceptors (Lipinski definition) is 9. The summed E-state index contributed by atoms with van der Waals surface area (Å²) in [6, 6.07) is 7.13. The summed E-state index contributed by atoms with van der Waals surface area (Å²) in [5.41, 5.74) is 0.583. The quantitative estimate of drug-likeness (QED) is 0.443. The summed E-state index contributed by atoms with van der Waals surface area (Å²) in [6.07, 6.45) is 0.930. The van der Waals surface area contributed by atoms with E-state index in [1.807, 2.05) is 13.8 Å². The first-order chi connectivity index (χ1) is 16.3. The fraction of sp³-hybridized carbons (Fsp3) is 0.381. The van der Waals surface area contributed by atoms with Gasteiger partial charge in [-0.2, -0.15) is 4.31 Å². The second-order valence-electron chi connectivity index (χ2n) is 7.26. The van der Waals surface area contributed by atoms with Crippen molar-refractivity contribution in [3.63, 3.8) is 0 Å². The molecule has 0 bridgehead atoms. The van der Waals surface area contributed by atoms with Gasteiger partial charge in [-0.15, -0.1) is 16.4 Å². The molecular weight excluding hydrogens is 504 g/mol. The van der Waals surface area contributed by atoms with Crippen molar-refractivity contribution in [1.82, 2.24) is 14.5 Å². The molecule has 1 aliphatic rings. The van der Waals surface area contributed by atoms with Crippen LogP contribution in [0.5, 0.6) is 11.5 Å². The topological polar surface area (TPSA) is 124 Å². The van der Waals surface area contributed by atoms with Gasteiger partial charge in [-0.1, -0.05) is 16.7 Å². The molecule has 3 aromatic rings. The number of rotatable bonds is 9. The van der Waals surface area contributed by atoms with Crippen LogP contribution in [0, 0.1) is 0 Å². The summed E-state index contributed by atoms with van der Waals surface area (Å²) in [5.74, 6) is 0.755. The average Bonchev–Trinajstić information content (AvgIpc) is 3.56. The van der Waals surface area contributed by atoms with Gasteiger partial charge in [0.1, 0.15) is 10.3 Å². The first-order valence-electron chi connectivity index (χ1n) is 10.6. The standard InChI is InChI=1S/C21H23ClN4O6S2/c1-3-30-15-8-7-13(12-16(15)31-4-2)20-24-25-21(32-20)23-19(27)14-6-5-11-26(14)34(28,29)18-10-9-17(22)33-18/h7-10,12,14H,3-6,11H2,1-2H3,(H,23,25,27). The molecule has 0 aliphatic carbocycles. The maximum atomic E-state index is 13.0. The van der Waals surface area contributed by atoms with Crippen LogP contribution in [0.25, 0.3) is 11.5 Å². The van der Waals surface area contributed by atoms with Crippen molar-refractivity contribution < 1.29 is 27.1 Å². The third kappa shape index (κ3) is 5.04. The highest BCUT2D eigenvalue weighted by Crippen LogP contribution is 2.34. The molecule has 2 aromatic heterocycles. The Morgan fingerprint density at radius 3 is 2.68 bits per heavy atom. The molecule has 3 heterocycles. The summed E-state index contributed by atoms with van der Waals surface area (Å²) in [6.45, 7) is 4.92. The Morgan fingerprint density at radius 2 is 1.97 bits per heavy atom. The van der Waals surface area contributed by atoms with Crippen molar-refractivity contribution in [2.75, 3.05) is 25.1 Å². The molecule has 1 aromatic carbocycles. The van der Waals surface area contributed by atoms with E-state index >= 15 is 0 Å². The first kappa shape index (κ1) is 24.5. The van der Waals surface area contributed by atoms with E-state index in [1.54, 1.807) is 18.2 Å². The Kier molecular flexibility index (Phi) is 7.41. The van der Waals surface area contributed by atoms with Crippen LogP contribution in [0.15, 0.2) is 39.0 Å². The van der Waals surface area contributed by atoms with Crippen LogP contribution in [0.2, 0.25) is 4.34 Å². The molecule has 0 spiro atoms. The predicted molar refractivity (Wildman–Crippen MR) is 127 cm³/mol. The van der Waals surface area contributed by atoms with Gasteiger partial charge in [-0.25, -0.2) is 8.42 Å². The third-order valence-electron chi connectivity index (χ3n) is 5.06. The van der Waals surface area contributed by atoms with Gasteiger partial charge in [0, 0.05) is 12.1 Å². The van der Waals surface area contributed by atoms with E-state index in [-0.39, 0.29) is 22.7 Å². The van der Waals surface area contributed by atoms with Crippen molar-refractivity contribution in [3.8, 4) is 23.0 Å². The summed E-state index contributed by atoms with van der Waals surface area (Å²) >= 11 is 6.85. The number of nitrogens with one attached hydrogen (secondary N) is 1. The Hall–Kier alpha value is -2.67. The maximum Gasteiger partial charge on any atom is 0.322 e. The van der Waals surface area contributed by atoms with Crippen LogP contribution >= 0.6 is 22.9 Å². The molecule has 13 heteroatoms. The number of ether oxygens (including phenoxy) is 2. The molecule has 34 heavy (non-hydrogen) atoms. The lowest BCUT2D eigenvalue weighted by Crippen LogP contribution is -2.42. The number of benzene rings is 1. The van der Waals surface area contributed by atoms with Gasteiger partial charge < -0.3 is 13.9 Å². The first-order valence-corrected chi connectivity index (χ1v) is 13.3. The largest absolute Gasteiger partial charge is 0.490 e. The third-order valence-corrected chi connectivity index (χ3v) is 8.67. The van der Waals surface area contributed by atoms with Crippen LogP contribution in [0.4, 0.5) is 6.01 Å².